The van der Waals surface area contributed by atoms with Gasteiger partial charge in [-0.3, -0.25) is 4.79 Å². The molecule has 100 valence electrons. The molecule has 1 fully saturated rings. The van der Waals surface area contributed by atoms with Crippen molar-refractivity contribution in [2.75, 3.05) is 20.7 Å². The van der Waals surface area contributed by atoms with Gasteiger partial charge in [-0.15, -0.1) is 11.3 Å². The molecule has 5 nitrogen and oxygen atoms in total. The summed E-state index contributed by atoms with van der Waals surface area (Å²) < 4.78 is 5.01. The largest absolute Gasteiger partial charge is 0.391 e. The predicted octanol–water partition coefficient (Wildman–Crippen LogP) is 1.13. The number of rotatable bonds is 6. The van der Waals surface area contributed by atoms with Gasteiger partial charge in [0, 0.05) is 20.7 Å². The van der Waals surface area contributed by atoms with Crippen LogP contribution in [0.5, 0.6) is 0 Å². The zero-order valence-corrected chi connectivity index (χ0v) is 11.4. The Morgan fingerprint density at radius 2 is 2.44 bits per heavy atom. The van der Waals surface area contributed by atoms with E-state index in [1.807, 2.05) is 0 Å². The molecule has 0 radical (unpaired) electrons. The quantitative estimate of drug-likeness (QED) is 0.842. The molecule has 0 aliphatic heterocycles. The number of aliphatic hydroxyl groups is 1. The second-order valence-electron chi connectivity index (χ2n) is 4.65. The van der Waals surface area contributed by atoms with Crippen LogP contribution in [0, 0.1) is 5.92 Å². The Balaban J connectivity index is 1.98. The third-order valence-electron chi connectivity index (χ3n) is 3.09. The Morgan fingerprint density at radius 1 is 1.72 bits per heavy atom. The monoisotopic (exact) mass is 270 g/mol. The van der Waals surface area contributed by atoms with Gasteiger partial charge in [-0.05, 0) is 18.8 Å². The number of amides is 1. The fourth-order valence-corrected chi connectivity index (χ4v) is 2.64. The molecule has 1 aromatic heterocycles. The molecule has 0 aromatic carbocycles. The van der Waals surface area contributed by atoms with Crippen LogP contribution in [0.15, 0.2) is 5.51 Å². The van der Waals surface area contributed by atoms with Crippen molar-refractivity contribution in [3.63, 3.8) is 0 Å². The molecule has 1 amide bonds. The number of thiazole rings is 1. The summed E-state index contributed by atoms with van der Waals surface area (Å²) in [7, 11) is 3.29. The molecule has 1 unspecified atom stereocenters. The first-order chi connectivity index (χ1) is 8.63. The standard InChI is InChI=1S/C12H18N2O3S/c1-14(5-10(15)8-3-4-8)12(16)11-9(6-17-2)13-7-18-11/h7-8,10,15H,3-6H2,1-2H3. The fourth-order valence-electron chi connectivity index (χ4n) is 1.85. The van der Waals surface area contributed by atoms with Crippen LogP contribution in [0.2, 0.25) is 0 Å². The molecule has 0 bridgehead atoms. The van der Waals surface area contributed by atoms with Crippen LogP contribution in [0.4, 0.5) is 0 Å². The molecular formula is C12H18N2O3S. The molecule has 1 aromatic rings. The number of carbonyl (C=O) groups is 1. The van der Waals surface area contributed by atoms with E-state index in [1.54, 1.807) is 24.6 Å². The van der Waals surface area contributed by atoms with Crippen LogP contribution in [0.25, 0.3) is 0 Å². The lowest BCUT2D eigenvalue weighted by Crippen LogP contribution is -2.35. The highest BCUT2D eigenvalue weighted by atomic mass is 32.1. The van der Waals surface area contributed by atoms with Gasteiger partial charge in [0.05, 0.1) is 23.9 Å². The van der Waals surface area contributed by atoms with Crippen molar-refractivity contribution in [1.82, 2.24) is 9.88 Å². The number of aliphatic hydroxyl groups excluding tert-OH is 1. The van der Waals surface area contributed by atoms with Crippen LogP contribution in [0.1, 0.15) is 28.2 Å². The molecule has 1 heterocycles. The molecule has 1 atom stereocenters. The maximum atomic E-state index is 12.2. The smallest absolute Gasteiger partial charge is 0.265 e. The molecule has 1 aliphatic carbocycles. The molecule has 2 rings (SSSR count). The molecular weight excluding hydrogens is 252 g/mol. The van der Waals surface area contributed by atoms with E-state index >= 15 is 0 Å². The van der Waals surface area contributed by atoms with E-state index in [-0.39, 0.29) is 5.91 Å². The predicted molar refractivity (Wildman–Crippen MR) is 68.5 cm³/mol. The van der Waals surface area contributed by atoms with Gasteiger partial charge in [-0.2, -0.15) is 0 Å². The average Bonchev–Trinajstić information content (AvgIpc) is 3.10. The van der Waals surface area contributed by atoms with E-state index in [2.05, 4.69) is 4.98 Å². The maximum absolute atomic E-state index is 12.2. The van der Waals surface area contributed by atoms with Crippen molar-refractivity contribution in [3.05, 3.63) is 16.1 Å². The lowest BCUT2D eigenvalue weighted by Gasteiger charge is -2.20. The van der Waals surface area contributed by atoms with Crippen molar-refractivity contribution < 1.29 is 14.6 Å². The first-order valence-electron chi connectivity index (χ1n) is 5.98. The summed E-state index contributed by atoms with van der Waals surface area (Å²) in [6, 6.07) is 0. The lowest BCUT2D eigenvalue weighted by atomic mass is 10.2. The molecule has 18 heavy (non-hydrogen) atoms. The second kappa shape index (κ2) is 5.77. The Morgan fingerprint density at radius 3 is 3.06 bits per heavy atom. The number of likely N-dealkylation sites (N-methyl/N-ethyl adjacent to an activating group) is 1. The van der Waals surface area contributed by atoms with Gasteiger partial charge >= 0.3 is 0 Å². The number of hydrogen-bond donors (Lipinski definition) is 1. The van der Waals surface area contributed by atoms with Gasteiger partial charge in [0.25, 0.3) is 5.91 Å². The van der Waals surface area contributed by atoms with E-state index in [0.717, 1.165) is 12.8 Å². The summed E-state index contributed by atoms with van der Waals surface area (Å²) in [6.45, 7) is 0.720. The third kappa shape index (κ3) is 3.07. The fraction of sp³-hybridized carbons (Fsp3) is 0.667. The lowest BCUT2D eigenvalue weighted by molar-refractivity contribution is 0.0645. The Labute approximate surface area is 110 Å². The van der Waals surface area contributed by atoms with Gasteiger partial charge in [-0.25, -0.2) is 4.98 Å². The molecule has 1 saturated carbocycles. The first-order valence-corrected chi connectivity index (χ1v) is 6.86. The minimum absolute atomic E-state index is 0.0933. The third-order valence-corrected chi connectivity index (χ3v) is 3.95. The molecule has 1 N–H and O–H groups in total. The minimum Gasteiger partial charge on any atom is -0.391 e. The normalized spacial score (nSPS) is 16.6. The Bertz CT molecular complexity index is 417. The number of hydrogen-bond acceptors (Lipinski definition) is 5. The Hall–Kier alpha value is -0.980. The summed E-state index contributed by atoms with van der Waals surface area (Å²) in [5, 5.41) is 9.85. The van der Waals surface area contributed by atoms with E-state index in [1.165, 1.54) is 11.3 Å². The maximum Gasteiger partial charge on any atom is 0.265 e. The first kappa shape index (κ1) is 13.5. The van der Waals surface area contributed by atoms with Crippen LogP contribution >= 0.6 is 11.3 Å². The highest BCUT2D eigenvalue weighted by molar-refractivity contribution is 7.11. The summed E-state index contributed by atoms with van der Waals surface area (Å²) >= 11 is 1.31. The van der Waals surface area contributed by atoms with E-state index in [4.69, 9.17) is 4.74 Å². The summed E-state index contributed by atoms with van der Waals surface area (Å²) in [5.74, 6) is 0.282. The summed E-state index contributed by atoms with van der Waals surface area (Å²) in [4.78, 5) is 18.5. The number of carbonyl (C=O) groups excluding carboxylic acids is 1. The van der Waals surface area contributed by atoms with Crippen molar-refractivity contribution in [2.45, 2.75) is 25.6 Å². The number of aromatic nitrogens is 1. The van der Waals surface area contributed by atoms with Crippen LogP contribution in [-0.4, -0.2) is 47.7 Å². The number of methoxy groups -OCH3 is 1. The highest BCUT2D eigenvalue weighted by Crippen LogP contribution is 2.33. The molecule has 1 aliphatic rings. The van der Waals surface area contributed by atoms with Crippen molar-refractivity contribution in [1.29, 1.82) is 0 Å². The van der Waals surface area contributed by atoms with Crippen molar-refractivity contribution in [3.8, 4) is 0 Å². The minimum atomic E-state index is -0.405. The molecule has 6 heteroatoms. The van der Waals surface area contributed by atoms with Crippen LogP contribution < -0.4 is 0 Å². The zero-order chi connectivity index (χ0) is 13.1. The highest BCUT2D eigenvalue weighted by Gasteiger charge is 2.31. The SMILES string of the molecule is COCc1ncsc1C(=O)N(C)CC(O)C1CC1. The second-order valence-corrected chi connectivity index (χ2v) is 5.51. The molecule has 0 saturated heterocycles. The van der Waals surface area contributed by atoms with E-state index < -0.39 is 6.10 Å². The summed E-state index contributed by atoms with van der Waals surface area (Å²) in [5.41, 5.74) is 2.31. The van der Waals surface area contributed by atoms with E-state index in [9.17, 15) is 9.90 Å². The van der Waals surface area contributed by atoms with Gasteiger partial charge in [0.1, 0.15) is 4.88 Å². The van der Waals surface area contributed by atoms with Crippen LogP contribution in [0.3, 0.4) is 0 Å². The zero-order valence-electron chi connectivity index (χ0n) is 10.6. The summed E-state index contributed by atoms with van der Waals surface area (Å²) in [6.07, 6.45) is 1.73. The topological polar surface area (TPSA) is 62.7 Å². The van der Waals surface area contributed by atoms with Crippen LogP contribution in [-0.2, 0) is 11.3 Å². The average molecular weight is 270 g/mol. The van der Waals surface area contributed by atoms with Gasteiger partial charge in [0.2, 0.25) is 0 Å². The van der Waals surface area contributed by atoms with Gasteiger partial charge < -0.3 is 14.7 Å². The molecule has 0 spiro atoms. The van der Waals surface area contributed by atoms with Gasteiger partial charge in [0.15, 0.2) is 0 Å². The Kier molecular flexibility index (Phi) is 4.31. The van der Waals surface area contributed by atoms with E-state index in [0.29, 0.717) is 29.6 Å². The van der Waals surface area contributed by atoms with Crippen molar-refractivity contribution in [2.24, 2.45) is 5.92 Å². The number of nitrogens with zero attached hydrogens (tertiary/aromatic N) is 2. The number of ether oxygens (including phenoxy) is 1. The van der Waals surface area contributed by atoms with Gasteiger partial charge in [-0.1, -0.05) is 0 Å². The van der Waals surface area contributed by atoms with Crippen molar-refractivity contribution >= 4 is 17.2 Å².